The first kappa shape index (κ1) is 43.2. The summed E-state index contributed by atoms with van der Waals surface area (Å²) in [7, 11) is -5.73. The zero-order chi connectivity index (χ0) is 38.6. The average Bonchev–Trinajstić information content (AvgIpc) is 3.74. The number of hydrogen-bond acceptors (Lipinski definition) is 3. The highest BCUT2D eigenvalue weighted by molar-refractivity contribution is 6.75. The molecule has 0 amide bonds. The van der Waals surface area contributed by atoms with Gasteiger partial charge in [-0.2, -0.15) is 0 Å². The molecule has 0 unspecified atom stereocenters. The van der Waals surface area contributed by atoms with E-state index >= 15 is 0 Å². The molecule has 4 aliphatic carbocycles. The van der Waals surface area contributed by atoms with Crippen LogP contribution in [0, 0.1) is 29.1 Å². The molecule has 0 radical (unpaired) electrons. The van der Waals surface area contributed by atoms with E-state index in [1.807, 2.05) is 0 Å². The molecule has 0 bridgehead atoms. The fraction of sp³-hybridized carbons (Fsp3) is 0.822. The highest BCUT2D eigenvalue weighted by atomic mass is 28.4. The lowest BCUT2D eigenvalue weighted by Crippen LogP contribution is -2.49. The van der Waals surface area contributed by atoms with Crippen LogP contribution in [0.1, 0.15) is 134 Å². The molecule has 7 atom stereocenters. The van der Waals surface area contributed by atoms with Gasteiger partial charge in [0.1, 0.15) is 0 Å². The van der Waals surface area contributed by atoms with Crippen molar-refractivity contribution in [2.45, 2.75) is 207 Å². The zero-order valence-corrected chi connectivity index (χ0v) is 39.6. The molecular formula is C45H82O3Si3. The first-order chi connectivity index (χ1) is 23.1. The SMILES string of the molecule is C=C1/C(=C\C=C2\CCC[C@]3(C)[C@@H]([C@H](C)C=C[C@@H](O[Si](C)(C)C(C)(C)C)C4CC4)CC[C@@H]23)C[C@@H](O[Si](C)(C)C(C)(C)C)C[C@@H]1O[Si](C)(C)C(C)(C)C. The Morgan fingerprint density at radius 1 is 0.765 bits per heavy atom. The fourth-order valence-corrected chi connectivity index (χ4v) is 12.5. The minimum Gasteiger partial charge on any atom is -0.413 e. The minimum atomic E-state index is -1.99. The quantitative estimate of drug-likeness (QED) is 0.155. The fourth-order valence-electron chi connectivity index (χ4n) is 8.56. The van der Waals surface area contributed by atoms with E-state index in [4.69, 9.17) is 19.9 Å². The number of rotatable bonds is 11. The van der Waals surface area contributed by atoms with Crippen molar-refractivity contribution >= 4 is 25.0 Å². The van der Waals surface area contributed by atoms with E-state index < -0.39 is 25.0 Å². The summed E-state index contributed by atoms with van der Waals surface area (Å²) >= 11 is 0. The van der Waals surface area contributed by atoms with Gasteiger partial charge in [0.05, 0.1) is 18.3 Å². The van der Waals surface area contributed by atoms with Crippen LogP contribution in [0.5, 0.6) is 0 Å². The second-order valence-corrected chi connectivity index (χ2v) is 36.6. The van der Waals surface area contributed by atoms with E-state index in [1.54, 1.807) is 5.57 Å². The Bertz CT molecular complexity index is 1330. The molecule has 0 saturated heterocycles. The summed E-state index contributed by atoms with van der Waals surface area (Å²) in [5.74, 6) is 2.68. The van der Waals surface area contributed by atoms with Crippen molar-refractivity contribution in [2.24, 2.45) is 29.1 Å². The molecule has 292 valence electrons. The van der Waals surface area contributed by atoms with Crippen molar-refractivity contribution in [3.05, 3.63) is 47.6 Å². The van der Waals surface area contributed by atoms with Crippen LogP contribution >= 0.6 is 0 Å². The molecule has 0 heterocycles. The van der Waals surface area contributed by atoms with Crippen LogP contribution in [0.2, 0.25) is 54.4 Å². The van der Waals surface area contributed by atoms with Crippen molar-refractivity contribution in [1.82, 2.24) is 0 Å². The van der Waals surface area contributed by atoms with Crippen molar-refractivity contribution < 1.29 is 13.3 Å². The molecule has 0 spiro atoms. The highest BCUT2D eigenvalue weighted by Crippen LogP contribution is 2.60. The Hall–Kier alpha value is -0.509. The molecular weight excluding hydrogens is 673 g/mol. The normalized spacial score (nSPS) is 31.8. The van der Waals surface area contributed by atoms with Gasteiger partial charge in [-0.25, -0.2) is 0 Å². The number of allylic oxidation sites excluding steroid dienone is 4. The second-order valence-electron chi connectivity index (χ2n) is 22.3. The molecule has 0 aliphatic heterocycles. The molecule has 0 aromatic rings. The molecule has 3 nitrogen and oxygen atoms in total. The van der Waals surface area contributed by atoms with E-state index in [-0.39, 0.29) is 27.3 Å². The van der Waals surface area contributed by atoms with Gasteiger partial charge in [0.2, 0.25) is 0 Å². The molecule has 4 rings (SSSR count). The second kappa shape index (κ2) is 15.2. The van der Waals surface area contributed by atoms with Crippen LogP contribution in [0.3, 0.4) is 0 Å². The zero-order valence-electron chi connectivity index (χ0n) is 36.6. The lowest BCUT2D eigenvalue weighted by atomic mass is 9.61. The Labute approximate surface area is 320 Å². The maximum absolute atomic E-state index is 7.14. The maximum Gasteiger partial charge on any atom is 0.192 e. The summed E-state index contributed by atoms with van der Waals surface area (Å²) in [6.45, 7) is 45.4. The van der Waals surface area contributed by atoms with Gasteiger partial charge < -0.3 is 13.3 Å². The molecule has 4 fully saturated rings. The highest BCUT2D eigenvalue weighted by Gasteiger charge is 2.51. The topological polar surface area (TPSA) is 27.7 Å². The van der Waals surface area contributed by atoms with Gasteiger partial charge in [0.15, 0.2) is 25.0 Å². The summed E-state index contributed by atoms with van der Waals surface area (Å²) in [6.07, 6.45) is 21.6. The molecule has 0 aromatic carbocycles. The van der Waals surface area contributed by atoms with Gasteiger partial charge in [-0.1, -0.05) is 113 Å². The minimum absolute atomic E-state index is 0.0271. The summed E-state index contributed by atoms with van der Waals surface area (Å²) in [6, 6.07) is 0. The molecule has 51 heavy (non-hydrogen) atoms. The summed E-state index contributed by atoms with van der Waals surface area (Å²) in [4.78, 5) is 0. The Balaban J connectivity index is 1.56. The molecule has 0 N–H and O–H groups in total. The Morgan fingerprint density at radius 3 is 1.88 bits per heavy atom. The van der Waals surface area contributed by atoms with Gasteiger partial charge in [-0.05, 0) is 146 Å². The van der Waals surface area contributed by atoms with E-state index in [2.05, 4.69) is 140 Å². The van der Waals surface area contributed by atoms with Crippen molar-refractivity contribution in [3.63, 3.8) is 0 Å². The third-order valence-electron chi connectivity index (χ3n) is 15.3. The molecule has 4 saturated carbocycles. The summed E-state index contributed by atoms with van der Waals surface area (Å²) in [5.41, 5.74) is 4.58. The van der Waals surface area contributed by atoms with Crippen LogP contribution < -0.4 is 0 Å². The maximum atomic E-state index is 7.14. The number of hydrogen-bond donors (Lipinski definition) is 0. The van der Waals surface area contributed by atoms with Crippen molar-refractivity contribution in [2.75, 3.05) is 0 Å². The van der Waals surface area contributed by atoms with E-state index in [0.717, 1.165) is 24.7 Å². The predicted molar refractivity (Wildman–Crippen MR) is 230 cm³/mol. The third kappa shape index (κ3) is 9.84. The monoisotopic (exact) mass is 755 g/mol. The standard InChI is InChI=1S/C45H82O3Si3/c1-32(21-28-40(35-23-24-35)47-50(15,16)43(6,7)8)38-26-27-39-34(20-19-29-45(38,39)12)22-25-36-30-37(46-49(13,14)42(3,4)5)31-41(33(36)2)48-51(17,18)44(9,10)11/h21-22,25,28,32,35,37-41H,2,19-20,23-24,26-27,29-31H2,1,3-18H3/b28-21?,34-22-,36-25-/t32-,37-,38-,39+,40-,41+,45-/m1/s1. The van der Waals surface area contributed by atoms with Crippen LogP contribution in [0.25, 0.3) is 0 Å². The van der Waals surface area contributed by atoms with Gasteiger partial charge in [-0.15, -0.1) is 0 Å². The summed E-state index contributed by atoms with van der Waals surface area (Å²) < 4.78 is 21.3. The van der Waals surface area contributed by atoms with Gasteiger partial charge in [0, 0.05) is 6.42 Å². The largest absolute Gasteiger partial charge is 0.413 e. The van der Waals surface area contributed by atoms with Crippen LogP contribution in [-0.2, 0) is 13.3 Å². The first-order valence-corrected chi connectivity index (χ1v) is 29.6. The van der Waals surface area contributed by atoms with Crippen LogP contribution in [0.15, 0.2) is 47.6 Å². The van der Waals surface area contributed by atoms with Crippen LogP contribution in [-0.4, -0.2) is 43.3 Å². The lowest BCUT2D eigenvalue weighted by Gasteiger charge is -2.45. The molecule has 0 aromatic heterocycles. The molecule has 6 heteroatoms. The lowest BCUT2D eigenvalue weighted by molar-refractivity contribution is 0.0969. The first-order valence-electron chi connectivity index (χ1n) is 20.9. The average molecular weight is 755 g/mol. The van der Waals surface area contributed by atoms with Gasteiger partial charge in [0.25, 0.3) is 0 Å². The van der Waals surface area contributed by atoms with Gasteiger partial charge >= 0.3 is 0 Å². The third-order valence-corrected chi connectivity index (χ3v) is 28.8. The Kier molecular flexibility index (Phi) is 12.9. The van der Waals surface area contributed by atoms with Crippen molar-refractivity contribution in [3.8, 4) is 0 Å². The smallest absolute Gasteiger partial charge is 0.192 e. The van der Waals surface area contributed by atoms with E-state index in [1.165, 1.54) is 56.1 Å². The van der Waals surface area contributed by atoms with E-state index in [9.17, 15) is 0 Å². The Morgan fingerprint density at radius 2 is 1.33 bits per heavy atom. The molecule has 4 aliphatic rings. The predicted octanol–water partition coefficient (Wildman–Crippen LogP) is 14.2. The van der Waals surface area contributed by atoms with Crippen molar-refractivity contribution in [1.29, 1.82) is 0 Å². The van der Waals surface area contributed by atoms with Crippen LogP contribution in [0.4, 0.5) is 0 Å². The van der Waals surface area contributed by atoms with Gasteiger partial charge in [-0.3, -0.25) is 0 Å². The summed E-state index contributed by atoms with van der Waals surface area (Å²) in [5, 5.41) is 0.575. The van der Waals surface area contributed by atoms with E-state index in [0.29, 0.717) is 23.4 Å². The number of fused-ring (bicyclic) bond motifs is 1.